The van der Waals surface area contributed by atoms with Gasteiger partial charge in [-0.3, -0.25) is 0 Å². The molecule has 5 heteroatoms. The first-order chi connectivity index (χ1) is 9.16. The van der Waals surface area contributed by atoms with Gasteiger partial charge in [0.2, 0.25) is 0 Å². The van der Waals surface area contributed by atoms with Gasteiger partial charge in [-0.25, -0.2) is 4.98 Å². The summed E-state index contributed by atoms with van der Waals surface area (Å²) < 4.78 is 1.13. The van der Waals surface area contributed by atoms with Crippen LogP contribution >= 0.6 is 28.3 Å². The zero-order valence-electron chi connectivity index (χ0n) is 11.7. The van der Waals surface area contributed by atoms with Gasteiger partial charge < -0.3 is 10.2 Å². The average Bonchev–Trinajstić information content (AvgIpc) is 2.44. The molecular formula is C15H19BrClN3. The third-order valence-electron chi connectivity index (χ3n) is 3.80. The highest BCUT2D eigenvalue weighted by Gasteiger charge is 2.14. The Labute approximate surface area is 134 Å². The number of anilines is 1. The Morgan fingerprint density at radius 1 is 1.20 bits per heavy atom. The van der Waals surface area contributed by atoms with E-state index in [2.05, 4.69) is 58.2 Å². The van der Waals surface area contributed by atoms with Gasteiger partial charge in [-0.05, 0) is 37.1 Å². The monoisotopic (exact) mass is 355 g/mol. The number of hydrogen-bond donors (Lipinski definition) is 1. The molecule has 1 N–H and O–H groups in total. The highest BCUT2D eigenvalue weighted by atomic mass is 79.9. The number of hydrogen-bond acceptors (Lipinski definition) is 3. The lowest BCUT2D eigenvalue weighted by Crippen LogP contribution is -2.43. The van der Waals surface area contributed by atoms with Crippen molar-refractivity contribution in [3.05, 3.63) is 33.8 Å². The van der Waals surface area contributed by atoms with Gasteiger partial charge in [0.1, 0.15) is 5.82 Å². The van der Waals surface area contributed by atoms with Crippen LogP contribution in [0, 0.1) is 13.8 Å². The lowest BCUT2D eigenvalue weighted by Gasteiger charge is -2.29. The highest BCUT2D eigenvalue weighted by Crippen LogP contribution is 2.29. The second-order valence-corrected chi connectivity index (χ2v) is 5.96. The summed E-state index contributed by atoms with van der Waals surface area (Å²) in [4.78, 5) is 7.25. The van der Waals surface area contributed by atoms with Crippen LogP contribution in [0.4, 0.5) is 5.82 Å². The van der Waals surface area contributed by atoms with Gasteiger partial charge in [-0.1, -0.05) is 22.0 Å². The van der Waals surface area contributed by atoms with Crippen molar-refractivity contribution in [2.24, 2.45) is 0 Å². The summed E-state index contributed by atoms with van der Waals surface area (Å²) in [5.74, 6) is 1.10. The number of nitrogens with zero attached hydrogens (tertiary/aromatic N) is 2. The molecule has 1 aliphatic heterocycles. The lowest BCUT2D eigenvalue weighted by atomic mass is 10.1. The molecular weight excluding hydrogens is 338 g/mol. The van der Waals surface area contributed by atoms with Crippen LogP contribution in [-0.4, -0.2) is 31.2 Å². The number of halogens is 2. The van der Waals surface area contributed by atoms with Crippen LogP contribution in [0.3, 0.4) is 0 Å². The number of pyridine rings is 1. The summed E-state index contributed by atoms with van der Waals surface area (Å²) in [7, 11) is 0. The normalized spacial score (nSPS) is 15.2. The first-order valence-electron chi connectivity index (χ1n) is 6.69. The van der Waals surface area contributed by atoms with E-state index in [1.54, 1.807) is 0 Å². The third kappa shape index (κ3) is 2.78. The van der Waals surface area contributed by atoms with E-state index in [1.165, 1.54) is 16.5 Å². The van der Waals surface area contributed by atoms with Crippen LogP contribution in [0.1, 0.15) is 11.1 Å². The smallest absolute Gasteiger partial charge is 0.129 e. The van der Waals surface area contributed by atoms with Crippen molar-refractivity contribution in [1.82, 2.24) is 10.3 Å². The number of piperazine rings is 1. The van der Waals surface area contributed by atoms with Crippen LogP contribution in [0.5, 0.6) is 0 Å². The lowest BCUT2D eigenvalue weighted by molar-refractivity contribution is 0.585. The van der Waals surface area contributed by atoms with Gasteiger partial charge in [-0.15, -0.1) is 12.4 Å². The van der Waals surface area contributed by atoms with Crippen LogP contribution < -0.4 is 10.2 Å². The number of fused-ring (bicyclic) bond motifs is 1. The molecule has 3 rings (SSSR count). The maximum Gasteiger partial charge on any atom is 0.129 e. The minimum Gasteiger partial charge on any atom is -0.354 e. The van der Waals surface area contributed by atoms with Gasteiger partial charge in [-0.2, -0.15) is 0 Å². The van der Waals surface area contributed by atoms with E-state index in [0.29, 0.717) is 0 Å². The maximum atomic E-state index is 4.89. The molecule has 1 aliphatic rings. The second kappa shape index (κ2) is 6.29. The first kappa shape index (κ1) is 15.5. The number of benzene rings is 1. The van der Waals surface area contributed by atoms with E-state index in [9.17, 15) is 0 Å². The van der Waals surface area contributed by atoms with E-state index in [1.807, 2.05) is 0 Å². The predicted molar refractivity (Wildman–Crippen MR) is 91.2 cm³/mol. The predicted octanol–water partition coefficient (Wildman–Crippen LogP) is 3.45. The number of nitrogens with one attached hydrogen (secondary N) is 1. The fourth-order valence-corrected chi connectivity index (χ4v) is 2.93. The van der Waals surface area contributed by atoms with E-state index < -0.39 is 0 Å². The zero-order chi connectivity index (χ0) is 13.4. The molecule has 0 unspecified atom stereocenters. The molecule has 3 nitrogen and oxygen atoms in total. The van der Waals surface area contributed by atoms with Gasteiger partial charge >= 0.3 is 0 Å². The molecule has 0 aliphatic carbocycles. The van der Waals surface area contributed by atoms with Crippen molar-refractivity contribution in [3.63, 3.8) is 0 Å². The Bertz CT molecular complexity index is 624. The number of rotatable bonds is 1. The Kier molecular flexibility index (Phi) is 4.89. The molecule has 2 aromatic rings. The molecule has 20 heavy (non-hydrogen) atoms. The molecule has 0 spiro atoms. The van der Waals surface area contributed by atoms with Crippen molar-refractivity contribution < 1.29 is 0 Å². The SMILES string of the molecule is Cc1cc(N2CCNCC2)nc2c(C)c(Br)ccc12.Cl. The quantitative estimate of drug-likeness (QED) is 0.848. The Morgan fingerprint density at radius 2 is 1.90 bits per heavy atom. The molecule has 0 saturated carbocycles. The molecule has 0 amide bonds. The summed E-state index contributed by atoms with van der Waals surface area (Å²) in [6.07, 6.45) is 0. The fraction of sp³-hybridized carbons (Fsp3) is 0.400. The Balaban J connectivity index is 0.00000147. The zero-order valence-corrected chi connectivity index (χ0v) is 14.1. The molecule has 0 bridgehead atoms. The number of aromatic nitrogens is 1. The molecule has 2 heterocycles. The average molecular weight is 357 g/mol. The number of aryl methyl sites for hydroxylation is 2. The minimum atomic E-state index is 0. The van der Waals surface area contributed by atoms with Crippen LogP contribution in [-0.2, 0) is 0 Å². The second-order valence-electron chi connectivity index (χ2n) is 5.10. The van der Waals surface area contributed by atoms with Gasteiger partial charge in [0.05, 0.1) is 5.52 Å². The standard InChI is InChI=1S/C15H18BrN3.ClH/c1-10-9-14(19-7-5-17-6-8-19)18-15-11(2)13(16)4-3-12(10)15;/h3-4,9,17H,5-8H2,1-2H3;1H. The van der Waals surface area contributed by atoms with Crippen LogP contribution in [0.25, 0.3) is 10.9 Å². The van der Waals surface area contributed by atoms with Crippen molar-refractivity contribution in [2.75, 3.05) is 31.1 Å². The van der Waals surface area contributed by atoms with Crippen molar-refractivity contribution in [2.45, 2.75) is 13.8 Å². The molecule has 0 radical (unpaired) electrons. The molecule has 0 atom stereocenters. The summed E-state index contributed by atoms with van der Waals surface area (Å²) in [5.41, 5.74) is 3.63. The molecule has 1 aromatic heterocycles. The largest absolute Gasteiger partial charge is 0.354 e. The third-order valence-corrected chi connectivity index (χ3v) is 4.66. The fourth-order valence-electron chi connectivity index (χ4n) is 2.61. The summed E-state index contributed by atoms with van der Waals surface area (Å²) in [6.45, 7) is 8.44. The minimum absolute atomic E-state index is 0. The van der Waals surface area contributed by atoms with Crippen LogP contribution in [0.15, 0.2) is 22.7 Å². The molecule has 1 fully saturated rings. The van der Waals surface area contributed by atoms with Crippen molar-refractivity contribution >= 4 is 45.1 Å². The Morgan fingerprint density at radius 3 is 2.60 bits per heavy atom. The topological polar surface area (TPSA) is 28.2 Å². The summed E-state index contributed by atoms with van der Waals surface area (Å²) in [6, 6.07) is 6.47. The molecule has 1 saturated heterocycles. The van der Waals surface area contributed by atoms with E-state index in [-0.39, 0.29) is 12.4 Å². The van der Waals surface area contributed by atoms with Gasteiger partial charge in [0.25, 0.3) is 0 Å². The van der Waals surface area contributed by atoms with Gasteiger partial charge in [0, 0.05) is 36.0 Å². The van der Waals surface area contributed by atoms with E-state index in [0.717, 1.165) is 42.0 Å². The molecule has 1 aromatic carbocycles. The first-order valence-corrected chi connectivity index (χ1v) is 7.48. The summed E-state index contributed by atoms with van der Waals surface area (Å²) >= 11 is 3.60. The summed E-state index contributed by atoms with van der Waals surface area (Å²) in [5, 5.41) is 4.63. The van der Waals surface area contributed by atoms with E-state index >= 15 is 0 Å². The molecule has 108 valence electrons. The van der Waals surface area contributed by atoms with Crippen LogP contribution in [0.2, 0.25) is 0 Å². The Hall–Kier alpha value is -0.840. The van der Waals surface area contributed by atoms with Gasteiger partial charge in [0.15, 0.2) is 0 Å². The van der Waals surface area contributed by atoms with E-state index in [4.69, 9.17) is 4.98 Å². The maximum absolute atomic E-state index is 4.89. The highest BCUT2D eigenvalue weighted by molar-refractivity contribution is 9.10. The van der Waals surface area contributed by atoms with Crippen molar-refractivity contribution in [1.29, 1.82) is 0 Å². The van der Waals surface area contributed by atoms with Crippen molar-refractivity contribution in [3.8, 4) is 0 Å².